The van der Waals surface area contributed by atoms with Crippen LogP contribution in [0.2, 0.25) is 0 Å². The molecule has 0 saturated carbocycles. The third-order valence-electron chi connectivity index (χ3n) is 3.77. The smallest absolute Gasteiger partial charge is 0.273 e. The normalized spacial score (nSPS) is 10.5. The van der Waals surface area contributed by atoms with Crippen LogP contribution in [0.3, 0.4) is 0 Å². The Balaban J connectivity index is 2.16. The maximum atomic E-state index is 12.2. The predicted molar refractivity (Wildman–Crippen MR) is 89.7 cm³/mol. The quantitative estimate of drug-likeness (QED) is 0.797. The molecule has 2 aromatic heterocycles. The number of nitriles is 1. The van der Waals surface area contributed by atoms with Crippen molar-refractivity contribution in [3.8, 4) is 17.3 Å². The van der Waals surface area contributed by atoms with Crippen molar-refractivity contribution in [2.45, 2.75) is 13.8 Å². The monoisotopic (exact) mass is 321 g/mol. The van der Waals surface area contributed by atoms with Crippen LogP contribution in [0.15, 0.2) is 41.3 Å². The zero-order chi connectivity index (χ0) is 17.3. The second-order valence-electron chi connectivity index (χ2n) is 5.25. The van der Waals surface area contributed by atoms with Gasteiger partial charge < -0.3 is 4.90 Å². The van der Waals surface area contributed by atoms with Crippen LogP contribution in [0.25, 0.3) is 16.9 Å². The molecule has 0 unspecified atom stereocenters. The lowest BCUT2D eigenvalue weighted by Gasteiger charge is -2.19. The number of benzene rings is 1. The Bertz CT molecular complexity index is 1030. The summed E-state index contributed by atoms with van der Waals surface area (Å²) >= 11 is 0. The lowest BCUT2D eigenvalue weighted by atomic mass is 10.1. The summed E-state index contributed by atoms with van der Waals surface area (Å²) in [6, 6.07) is 10.7. The number of aromatic amines is 1. The SMILES string of the molecule is CCN(C(C)=O)c1cccc(-c2cc(=O)n3[nH]cc(C#N)c3n2)c1. The molecule has 1 amide bonds. The van der Waals surface area contributed by atoms with E-state index in [0.717, 1.165) is 5.69 Å². The van der Waals surface area contributed by atoms with E-state index in [-0.39, 0.29) is 17.1 Å². The van der Waals surface area contributed by atoms with Gasteiger partial charge in [-0.3, -0.25) is 14.7 Å². The second kappa shape index (κ2) is 6.01. The number of amides is 1. The van der Waals surface area contributed by atoms with Crippen LogP contribution in [0.5, 0.6) is 0 Å². The third-order valence-corrected chi connectivity index (χ3v) is 3.77. The predicted octanol–water partition coefficient (Wildman–Crippen LogP) is 1.93. The van der Waals surface area contributed by atoms with Gasteiger partial charge in [-0.2, -0.15) is 5.26 Å². The fourth-order valence-corrected chi connectivity index (χ4v) is 2.63. The second-order valence-corrected chi connectivity index (χ2v) is 5.25. The van der Waals surface area contributed by atoms with Gasteiger partial charge in [-0.15, -0.1) is 0 Å². The molecule has 7 nitrogen and oxygen atoms in total. The summed E-state index contributed by atoms with van der Waals surface area (Å²) in [5.74, 6) is -0.0597. The minimum absolute atomic E-state index is 0.0597. The molecular weight excluding hydrogens is 306 g/mol. The molecule has 3 aromatic rings. The zero-order valence-electron chi connectivity index (χ0n) is 13.3. The molecule has 0 spiro atoms. The molecule has 0 saturated heterocycles. The highest BCUT2D eigenvalue weighted by Crippen LogP contribution is 2.23. The molecule has 0 bridgehead atoms. The summed E-state index contributed by atoms with van der Waals surface area (Å²) in [6.45, 7) is 3.94. The van der Waals surface area contributed by atoms with E-state index in [9.17, 15) is 9.59 Å². The summed E-state index contributed by atoms with van der Waals surface area (Å²) in [7, 11) is 0. The number of rotatable bonds is 3. The van der Waals surface area contributed by atoms with E-state index in [0.29, 0.717) is 23.4 Å². The van der Waals surface area contributed by atoms with Crippen LogP contribution in [0.1, 0.15) is 19.4 Å². The molecule has 0 radical (unpaired) electrons. The van der Waals surface area contributed by atoms with Crippen molar-refractivity contribution >= 4 is 17.2 Å². The lowest BCUT2D eigenvalue weighted by molar-refractivity contribution is -0.116. The number of carbonyl (C=O) groups excluding carboxylic acids is 1. The molecule has 2 heterocycles. The first-order valence-electron chi connectivity index (χ1n) is 7.45. The van der Waals surface area contributed by atoms with Crippen LogP contribution in [-0.2, 0) is 4.79 Å². The molecule has 24 heavy (non-hydrogen) atoms. The first kappa shape index (κ1) is 15.5. The van der Waals surface area contributed by atoms with Gasteiger partial charge in [0.15, 0.2) is 5.65 Å². The largest absolute Gasteiger partial charge is 0.313 e. The van der Waals surface area contributed by atoms with Crippen molar-refractivity contribution in [2.75, 3.05) is 11.4 Å². The van der Waals surface area contributed by atoms with Crippen LogP contribution < -0.4 is 10.5 Å². The van der Waals surface area contributed by atoms with Crippen molar-refractivity contribution in [3.63, 3.8) is 0 Å². The van der Waals surface area contributed by atoms with Gasteiger partial charge >= 0.3 is 0 Å². The molecule has 3 rings (SSSR count). The Morgan fingerprint density at radius 3 is 2.88 bits per heavy atom. The summed E-state index contributed by atoms with van der Waals surface area (Å²) in [5, 5.41) is 11.8. The molecule has 1 aromatic carbocycles. The fourth-order valence-electron chi connectivity index (χ4n) is 2.63. The number of hydrogen-bond donors (Lipinski definition) is 1. The molecule has 0 atom stereocenters. The van der Waals surface area contributed by atoms with E-state index < -0.39 is 0 Å². The minimum Gasteiger partial charge on any atom is -0.313 e. The van der Waals surface area contributed by atoms with E-state index in [2.05, 4.69) is 10.1 Å². The van der Waals surface area contributed by atoms with Crippen LogP contribution in [-0.4, -0.2) is 27.0 Å². The van der Waals surface area contributed by atoms with E-state index in [1.807, 2.05) is 37.3 Å². The van der Waals surface area contributed by atoms with E-state index in [1.165, 1.54) is 23.7 Å². The first-order valence-corrected chi connectivity index (χ1v) is 7.45. The van der Waals surface area contributed by atoms with E-state index >= 15 is 0 Å². The summed E-state index contributed by atoms with van der Waals surface area (Å²) in [6.07, 6.45) is 1.44. The molecule has 120 valence electrons. The minimum atomic E-state index is -0.305. The number of fused-ring (bicyclic) bond motifs is 1. The van der Waals surface area contributed by atoms with Gasteiger partial charge in [-0.25, -0.2) is 9.50 Å². The van der Waals surface area contributed by atoms with Crippen molar-refractivity contribution in [2.24, 2.45) is 0 Å². The van der Waals surface area contributed by atoms with Gasteiger partial charge in [-0.05, 0) is 19.1 Å². The lowest BCUT2D eigenvalue weighted by Crippen LogP contribution is -2.27. The zero-order valence-corrected chi connectivity index (χ0v) is 13.3. The average Bonchev–Trinajstić information content (AvgIpc) is 2.99. The number of nitrogens with zero attached hydrogens (tertiary/aromatic N) is 4. The van der Waals surface area contributed by atoms with Crippen LogP contribution >= 0.6 is 0 Å². The maximum Gasteiger partial charge on any atom is 0.273 e. The fraction of sp³-hybridized carbons (Fsp3) is 0.176. The van der Waals surface area contributed by atoms with Crippen LogP contribution in [0, 0.1) is 11.3 Å². The Labute approximate surface area is 137 Å². The number of nitrogens with one attached hydrogen (secondary N) is 1. The molecule has 0 fully saturated rings. The topological polar surface area (TPSA) is 94.3 Å². The number of hydrogen-bond acceptors (Lipinski definition) is 4. The molecule has 0 aliphatic rings. The molecule has 7 heteroatoms. The highest BCUT2D eigenvalue weighted by atomic mass is 16.2. The van der Waals surface area contributed by atoms with E-state index in [4.69, 9.17) is 5.26 Å². The van der Waals surface area contributed by atoms with Crippen LogP contribution in [0.4, 0.5) is 5.69 Å². The summed E-state index contributed by atoms with van der Waals surface area (Å²) in [5.41, 5.74) is 2.17. The first-order chi connectivity index (χ1) is 11.5. The highest BCUT2D eigenvalue weighted by Gasteiger charge is 2.13. The number of carbonyl (C=O) groups is 1. The Morgan fingerprint density at radius 2 is 2.21 bits per heavy atom. The van der Waals surface area contributed by atoms with E-state index in [1.54, 1.807) is 4.90 Å². The van der Waals surface area contributed by atoms with Crippen molar-refractivity contribution in [1.82, 2.24) is 14.6 Å². The third kappa shape index (κ3) is 2.54. The van der Waals surface area contributed by atoms with Crippen molar-refractivity contribution in [3.05, 3.63) is 52.4 Å². The Kier molecular flexibility index (Phi) is 3.88. The van der Waals surface area contributed by atoms with Gasteiger partial charge in [0.1, 0.15) is 11.6 Å². The van der Waals surface area contributed by atoms with Gasteiger partial charge in [0.2, 0.25) is 5.91 Å². The average molecular weight is 321 g/mol. The highest BCUT2D eigenvalue weighted by molar-refractivity contribution is 5.92. The number of H-pyrrole nitrogens is 1. The Hall–Kier alpha value is -3.40. The molecule has 0 aliphatic heterocycles. The summed E-state index contributed by atoms with van der Waals surface area (Å²) < 4.78 is 1.22. The number of anilines is 1. The number of aromatic nitrogens is 3. The van der Waals surface area contributed by atoms with Gasteiger partial charge in [0, 0.05) is 37.0 Å². The summed E-state index contributed by atoms with van der Waals surface area (Å²) in [4.78, 5) is 30.0. The van der Waals surface area contributed by atoms with Gasteiger partial charge in [0.25, 0.3) is 5.56 Å². The molecule has 0 aliphatic carbocycles. The van der Waals surface area contributed by atoms with Crippen molar-refractivity contribution in [1.29, 1.82) is 5.26 Å². The standard InChI is InChI=1S/C17H15N5O2/c1-3-21(11(2)23)14-6-4-5-12(7-14)15-8-16(24)22-17(20-15)13(9-18)10-19-22/h4-8,10,19H,3H2,1-2H3. The van der Waals surface area contributed by atoms with Gasteiger partial charge in [-0.1, -0.05) is 12.1 Å². The molecule has 1 N–H and O–H groups in total. The van der Waals surface area contributed by atoms with Crippen molar-refractivity contribution < 1.29 is 4.79 Å². The maximum absolute atomic E-state index is 12.2. The van der Waals surface area contributed by atoms with Gasteiger partial charge in [0.05, 0.1) is 5.69 Å². The molecular formula is C17H15N5O2. The Morgan fingerprint density at radius 1 is 1.42 bits per heavy atom.